The Morgan fingerprint density at radius 3 is 1.03 bits per heavy atom. The van der Waals surface area contributed by atoms with Gasteiger partial charge >= 0.3 is 0 Å². The molecule has 9 heteroatoms. The number of amides is 1. The van der Waals surface area contributed by atoms with Crippen molar-refractivity contribution in [3.63, 3.8) is 0 Å². The molecule has 0 saturated carbocycles. The van der Waals surface area contributed by atoms with E-state index in [1.54, 1.807) is 0 Å². The second kappa shape index (κ2) is 49.5. The molecule has 0 aromatic rings. The van der Waals surface area contributed by atoms with E-state index in [9.17, 15) is 19.4 Å². The highest BCUT2D eigenvalue weighted by Gasteiger charge is 2.24. The molecule has 0 spiro atoms. The van der Waals surface area contributed by atoms with Crippen LogP contribution < -0.4 is 10.2 Å². The van der Waals surface area contributed by atoms with Crippen LogP contribution in [0.5, 0.6) is 0 Å². The molecular weight excluding hydrogens is 840 g/mol. The van der Waals surface area contributed by atoms with Crippen molar-refractivity contribution >= 4 is 13.7 Å². The molecule has 0 aliphatic heterocycles. The minimum atomic E-state index is -4.56. The predicted octanol–water partition coefficient (Wildman–Crippen LogP) is 17.0. The molecule has 0 aliphatic rings. The molecule has 0 bridgehead atoms. The van der Waals surface area contributed by atoms with Gasteiger partial charge in [-0.15, -0.1) is 0 Å². The number of carbonyl (C=O) groups excluding carboxylic acids is 1. The predicted molar refractivity (Wildman–Crippen MR) is 284 cm³/mol. The normalized spacial score (nSPS) is 13.9. The molecule has 0 heterocycles. The van der Waals surface area contributed by atoms with Crippen LogP contribution in [0, 0.1) is 0 Å². The summed E-state index contributed by atoms with van der Waals surface area (Å²) < 4.78 is 23.4. The van der Waals surface area contributed by atoms with Crippen molar-refractivity contribution in [2.24, 2.45) is 0 Å². The van der Waals surface area contributed by atoms with Crippen molar-refractivity contribution in [2.45, 2.75) is 321 Å². The zero-order valence-electron chi connectivity index (χ0n) is 45.2. The number of nitrogens with zero attached hydrogens (tertiary/aromatic N) is 1. The number of likely N-dealkylation sites (N-methyl/N-ethyl adjacent to an activating group) is 1. The molecule has 0 saturated heterocycles. The van der Waals surface area contributed by atoms with Crippen molar-refractivity contribution in [3.05, 3.63) is 0 Å². The van der Waals surface area contributed by atoms with Crippen molar-refractivity contribution in [1.82, 2.24) is 5.32 Å². The van der Waals surface area contributed by atoms with E-state index in [1.807, 2.05) is 21.1 Å². The third kappa shape index (κ3) is 51.4. The van der Waals surface area contributed by atoms with Crippen LogP contribution in [0.2, 0.25) is 0 Å². The summed E-state index contributed by atoms with van der Waals surface area (Å²) in [6, 6.07) is -0.794. The molecule has 0 aromatic carbocycles. The van der Waals surface area contributed by atoms with Crippen LogP contribution >= 0.6 is 7.82 Å². The van der Waals surface area contributed by atoms with Crippen LogP contribution in [0.4, 0.5) is 0 Å². The summed E-state index contributed by atoms with van der Waals surface area (Å²) in [4.78, 5) is 25.5. The molecule has 8 nitrogen and oxygen atoms in total. The zero-order chi connectivity index (χ0) is 48.5. The van der Waals surface area contributed by atoms with E-state index in [1.165, 1.54) is 244 Å². The van der Waals surface area contributed by atoms with Gasteiger partial charge in [0.1, 0.15) is 13.2 Å². The Hall–Kier alpha value is -0.500. The lowest BCUT2D eigenvalue weighted by Crippen LogP contribution is -2.46. The fourth-order valence-corrected chi connectivity index (χ4v) is 9.94. The molecule has 0 aliphatic carbocycles. The number of hydrogen-bond donors (Lipinski definition) is 2. The maximum absolute atomic E-state index is 12.9. The number of phosphoric ester groups is 1. The van der Waals surface area contributed by atoms with Crippen LogP contribution in [0.3, 0.4) is 0 Å². The molecule has 2 N–H and O–H groups in total. The minimum Gasteiger partial charge on any atom is -0.756 e. The first-order chi connectivity index (χ1) is 32.0. The van der Waals surface area contributed by atoms with Crippen LogP contribution in [0.1, 0.15) is 309 Å². The fraction of sp³-hybridized carbons (Fsp3) is 0.982. The Balaban J connectivity index is 4.00. The standard InChI is InChI=1S/C57H117N2O6P/c1-6-8-10-12-14-16-18-20-22-23-24-25-26-27-28-29-30-31-32-33-34-35-36-37-38-40-42-44-46-48-50-56(60)55(54-65-66(62,63)64-53-52-59(3,4)5)58-57(61)51-49-47-45-43-41-39-21-19-17-15-13-11-9-7-2/h55-56,60H,6-54H2,1-5H3,(H-,58,61,62,63). The van der Waals surface area contributed by atoms with Gasteiger partial charge in [-0.3, -0.25) is 9.36 Å². The van der Waals surface area contributed by atoms with Gasteiger partial charge in [-0.25, -0.2) is 0 Å². The molecule has 396 valence electrons. The first kappa shape index (κ1) is 65.5. The van der Waals surface area contributed by atoms with E-state index < -0.39 is 20.0 Å². The highest BCUT2D eigenvalue weighted by atomic mass is 31.2. The second-order valence-corrected chi connectivity index (χ2v) is 23.1. The molecule has 3 atom stereocenters. The highest BCUT2D eigenvalue weighted by Crippen LogP contribution is 2.38. The summed E-state index contributed by atoms with van der Waals surface area (Å²) in [7, 11) is 1.32. The monoisotopic (exact) mass is 957 g/mol. The van der Waals surface area contributed by atoms with Gasteiger partial charge in [0, 0.05) is 6.42 Å². The lowest BCUT2D eigenvalue weighted by atomic mass is 10.0. The molecule has 66 heavy (non-hydrogen) atoms. The fourth-order valence-electron chi connectivity index (χ4n) is 9.22. The minimum absolute atomic E-state index is 0.0165. The van der Waals surface area contributed by atoms with Crippen LogP contribution in [0.25, 0.3) is 0 Å². The second-order valence-electron chi connectivity index (χ2n) is 21.7. The number of nitrogens with one attached hydrogen (secondary N) is 1. The van der Waals surface area contributed by atoms with E-state index >= 15 is 0 Å². The van der Waals surface area contributed by atoms with E-state index in [-0.39, 0.29) is 19.1 Å². The molecule has 0 fully saturated rings. The third-order valence-electron chi connectivity index (χ3n) is 13.8. The number of aliphatic hydroxyl groups excluding tert-OH is 1. The van der Waals surface area contributed by atoms with Gasteiger partial charge in [-0.1, -0.05) is 290 Å². The van der Waals surface area contributed by atoms with Crippen molar-refractivity contribution in [1.29, 1.82) is 0 Å². The summed E-state index contributed by atoms with van der Waals surface area (Å²) in [6.45, 7) is 4.77. The van der Waals surface area contributed by atoms with Gasteiger partial charge in [-0.2, -0.15) is 0 Å². The number of quaternary nitrogens is 1. The number of unbranched alkanes of at least 4 members (excludes halogenated alkanes) is 42. The summed E-state index contributed by atoms with van der Waals surface area (Å²) >= 11 is 0. The van der Waals surface area contributed by atoms with Crippen LogP contribution in [0.15, 0.2) is 0 Å². The summed E-state index contributed by atoms with van der Waals surface area (Å²) in [6.07, 6.45) is 58.6. The Morgan fingerprint density at radius 1 is 0.470 bits per heavy atom. The number of aliphatic hydroxyl groups is 1. The molecular formula is C57H117N2O6P. The lowest BCUT2D eigenvalue weighted by molar-refractivity contribution is -0.870. The molecule has 0 radical (unpaired) electrons. The Morgan fingerprint density at radius 2 is 0.742 bits per heavy atom. The highest BCUT2D eigenvalue weighted by molar-refractivity contribution is 7.45. The Labute approximate surface area is 412 Å². The number of rotatable bonds is 55. The third-order valence-corrected chi connectivity index (χ3v) is 14.8. The van der Waals surface area contributed by atoms with Crippen molar-refractivity contribution in [2.75, 3.05) is 40.9 Å². The summed E-state index contributed by atoms with van der Waals surface area (Å²) in [5, 5.41) is 14.0. The van der Waals surface area contributed by atoms with Gasteiger partial charge in [-0.05, 0) is 12.8 Å². The van der Waals surface area contributed by atoms with Gasteiger partial charge in [0.2, 0.25) is 5.91 Å². The topological polar surface area (TPSA) is 108 Å². The van der Waals surface area contributed by atoms with Gasteiger partial charge in [0.15, 0.2) is 0 Å². The number of phosphoric acid groups is 1. The van der Waals surface area contributed by atoms with E-state index in [4.69, 9.17) is 9.05 Å². The van der Waals surface area contributed by atoms with Gasteiger partial charge in [0.05, 0.1) is 39.9 Å². The van der Waals surface area contributed by atoms with Crippen LogP contribution in [-0.2, 0) is 18.4 Å². The summed E-state index contributed by atoms with van der Waals surface area (Å²) in [5.74, 6) is -0.158. The van der Waals surface area contributed by atoms with Gasteiger partial charge in [0.25, 0.3) is 7.82 Å². The quantitative estimate of drug-likeness (QED) is 0.0357. The van der Waals surface area contributed by atoms with Crippen molar-refractivity contribution < 1.29 is 32.9 Å². The van der Waals surface area contributed by atoms with Crippen LogP contribution in [-0.4, -0.2) is 68.5 Å². The maximum Gasteiger partial charge on any atom is 0.268 e. The average molecular weight is 958 g/mol. The van der Waals surface area contributed by atoms with E-state index in [0.717, 1.165) is 38.5 Å². The smallest absolute Gasteiger partial charge is 0.268 e. The molecule has 1 amide bonds. The molecule has 0 rings (SSSR count). The largest absolute Gasteiger partial charge is 0.756 e. The van der Waals surface area contributed by atoms with E-state index in [2.05, 4.69) is 19.2 Å². The Bertz CT molecular complexity index is 1040. The Kier molecular flexibility index (Phi) is 49.1. The number of hydrogen-bond acceptors (Lipinski definition) is 6. The van der Waals surface area contributed by atoms with E-state index in [0.29, 0.717) is 23.9 Å². The SMILES string of the molecule is CCCCCCCCCCCCCCCCCCCCCCCCCCCCCCCCC(O)C(COP(=O)([O-])OCC[N+](C)(C)C)NC(=O)CCCCCCCCCCCCCCCC. The average Bonchev–Trinajstić information content (AvgIpc) is 3.28. The first-order valence-electron chi connectivity index (χ1n) is 29.4. The first-order valence-corrected chi connectivity index (χ1v) is 30.8. The molecule has 0 aromatic heterocycles. The number of carbonyl (C=O) groups is 1. The maximum atomic E-state index is 12.9. The zero-order valence-corrected chi connectivity index (χ0v) is 46.1. The van der Waals surface area contributed by atoms with Gasteiger partial charge < -0.3 is 28.8 Å². The molecule has 3 unspecified atom stereocenters. The summed E-state index contributed by atoms with van der Waals surface area (Å²) in [5.41, 5.74) is 0. The van der Waals surface area contributed by atoms with Crippen molar-refractivity contribution in [3.8, 4) is 0 Å². The lowest BCUT2D eigenvalue weighted by Gasteiger charge is -2.30.